The molecule has 44 heavy (non-hydrogen) atoms. The van der Waals surface area contributed by atoms with Crippen LogP contribution in [0.25, 0.3) is 16.0 Å². The number of ether oxygens (including phenoxy) is 4. The van der Waals surface area contributed by atoms with Crippen LogP contribution in [0.15, 0.2) is 96.6 Å². The zero-order valence-corrected chi connectivity index (χ0v) is 24.4. The van der Waals surface area contributed by atoms with E-state index < -0.39 is 17.7 Å². The normalized spacial score (nSPS) is 17.2. The largest absolute Gasteiger partial charge is 0.507 e. The van der Waals surface area contributed by atoms with E-state index in [9.17, 15) is 14.7 Å². The quantitative estimate of drug-likeness (QED) is 0.131. The number of carbonyl (C=O) groups is 2. The van der Waals surface area contributed by atoms with E-state index >= 15 is 0 Å². The average molecular weight is 607 g/mol. The number of thiazole rings is 1. The molecule has 3 heterocycles. The van der Waals surface area contributed by atoms with Crippen molar-refractivity contribution < 1.29 is 33.6 Å². The minimum absolute atomic E-state index is 0.0660. The standard InChI is InChI=1S/C34H26N2O7S/c1-40-23-11-12-25-28(18-23)44-34(35-25)36-30(21-8-5-9-24(16-21)43-19-20-6-3-2-4-7-20)29(32(38)33(36)39)31(37)22-10-13-26-27(17-22)42-15-14-41-26/h2-13,16-18,30,37H,14-15,19H2,1H3/b31-29-. The number of anilines is 1. The molecule has 0 spiro atoms. The number of aromatic nitrogens is 1. The molecule has 7 rings (SSSR count). The van der Waals surface area contributed by atoms with Crippen molar-refractivity contribution >= 4 is 44.1 Å². The molecule has 2 aliphatic heterocycles. The molecule has 9 nitrogen and oxygen atoms in total. The summed E-state index contributed by atoms with van der Waals surface area (Å²) in [5.41, 5.74) is 2.47. The average Bonchev–Trinajstić information content (AvgIpc) is 3.61. The molecule has 0 saturated carbocycles. The molecule has 0 aliphatic carbocycles. The number of Topliss-reactive ketones (excluding diaryl/α,β-unsaturated/α-hetero) is 1. The molecule has 4 aromatic carbocycles. The summed E-state index contributed by atoms with van der Waals surface area (Å²) in [5, 5.41) is 12.0. The van der Waals surface area contributed by atoms with E-state index in [0.717, 1.165) is 10.3 Å². The lowest BCUT2D eigenvalue weighted by molar-refractivity contribution is -0.132. The molecule has 1 fully saturated rings. The number of ketones is 1. The Bertz CT molecular complexity index is 1940. The number of fused-ring (bicyclic) bond motifs is 2. The van der Waals surface area contributed by atoms with Crippen LogP contribution in [-0.4, -0.2) is 42.1 Å². The first-order valence-corrected chi connectivity index (χ1v) is 14.7. The highest BCUT2D eigenvalue weighted by Crippen LogP contribution is 2.46. The lowest BCUT2D eigenvalue weighted by Gasteiger charge is -2.24. The van der Waals surface area contributed by atoms with Gasteiger partial charge in [0, 0.05) is 5.56 Å². The molecule has 2 aliphatic rings. The predicted molar refractivity (Wildman–Crippen MR) is 166 cm³/mol. The van der Waals surface area contributed by atoms with Gasteiger partial charge < -0.3 is 24.1 Å². The number of carbonyl (C=O) groups excluding carboxylic acids is 2. The minimum Gasteiger partial charge on any atom is -0.507 e. The Hall–Kier alpha value is -5.35. The number of hydrogen-bond acceptors (Lipinski definition) is 9. The molecular weight excluding hydrogens is 580 g/mol. The van der Waals surface area contributed by atoms with Crippen LogP contribution >= 0.6 is 11.3 Å². The third-order valence-corrected chi connectivity index (χ3v) is 8.49. The summed E-state index contributed by atoms with van der Waals surface area (Å²) in [7, 11) is 1.58. The topological polar surface area (TPSA) is 107 Å². The number of amides is 1. The van der Waals surface area contributed by atoms with Crippen LogP contribution in [0.4, 0.5) is 5.13 Å². The minimum atomic E-state index is -0.981. The van der Waals surface area contributed by atoms with Crippen LogP contribution in [0.2, 0.25) is 0 Å². The number of rotatable bonds is 7. The second-order valence-electron chi connectivity index (χ2n) is 10.2. The van der Waals surface area contributed by atoms with Gasteiger partial charge in [-0.3, -0.25) is 14.5 Å². The van der Waals surface area contributed by atoms with Gasteiger partial charge in [-0.2, -0.15) is 0 Å². The lowest BCUT2D eigenvalue weighted by Crippen LogP contribution is -2.29. The highest BCUT2D eigenvalue weighted by atomic mass is 32.1. The van der Waals surface area contributed by atoms with Gasteiger partial charge in [0.1, 0.15) is 37.1 Å². The van der Waals surface area contributed by atoms with Gasteiger partial charge in [-0.15, -0.1) is 0 Å². The molecule has 1 N–H and O–H groups in total. The van der Waals surface area contributed by atoms with Crippen LogP contribution in [0.3, 0.4) is 0 Å². The molecule has 1 atom stereocenters. The fraction of sp³-hybridized carbons (Fsp3) is 0.147. The Labute approximate surface area is 256 Å². The Morgan fingerprint density at radius 1 is 0.932 bits per heavy atom. The second kappa shape index (κ2) is 11.4. The Morgan fingerprint density at radius 3 is 2.57 bits per heavy atom. The number of aliphatic hydroxyl groups excluding tert-OH is 1. The van der Waals surface area contributed by atoms with Gasteiger partial charge >= 0.3 is 5.91 Å². The fourth-order valence-electron chi connectivity index (χ4n) is 5.33. The van der Waals surface area contributed by atoms with E-state index in [2.05, 4.69) is 0 Å². The van der Waals surface area contributed by atoms with Gasteiger partial charge in [-0.05, 0) is 59.7 Å². The van der Waals surface area contributed by atoms with E-state index in [1.54, 1.807) is 55.6 Å². The highest BCUT2D eigenvalue weighted by Gasteiger charge is 2.48. The summed E-state index contributed by atoms with van der Waals surface area (Å²) in [6.45, 7) is 1.11. The molecular formula is C34H26N2O7S. The Morgan fingerprint density at radius 2 is 1.75 bits per heavy atom. The van der Waals surface area contributed by atoms with Crippen LogP contribution in [0, 0.1) is 0 Å². The maximum atomic E-state index is 13.8. The summed E-state index contributed by atoms with van der Waals surface area (Å²) < 4.78 is 23.5. The number of hydrogen-bond donors (Lipinski definition) is 1. The third-order valence-electron chi connectivity index (χ3n) is 7.47. The third kappa shape index (κ3) is 4.99. The monoisotopic (exact) mass is 606 g/mol. The van der Waals surface area contributed by atoms with Crippen molar-refractivity contribution in [3.63, 3.8) is 0 Å². The SMILES string of the molecule is COc1ccc2nc(N3C(=O)C(=O)/C(=C(\O)c4ccc5c(c4)OCCO5)C3c3cccc(OCc4ccccc4)c3)sc2c1. The molecule has 1 aromatic heterocycles. The molecule has 5 aromatic rings. The van der Waals surface area contributed by atoms with Gasteiger partial charge in [0.15, 0.2) is 16.6 Å². The van der Waals surface area contributed by atoms with Crippen LogP contribution in [0.1, 0.15) is 22.7 Å². The maximum absolute atomic E-state index is 13.8. The predicted octanol–water partition coefficient (Wildman–Crippen LogP) is 6.28. The Balaban J connectivity index is 1.35. The van der Waals surface area contributed by atoms with Gasteiger partial charge in [-0.1, -0.05) is 53.8 Å². The van der Waals surface area contributed by atoms with Crippen molar-refractivity contribution in [1.82, 2.24) is 4.98 Å². The van der Waals surface area contributed by atoms with Gasteiger partial charge in [0.25, 0.3) is 5.78 Å². The molecule has 0 bridgehead atoms. The molecule has 0 radical (unpaired) electrons. The van der Waals surface area contributed by atoms with Gasteiger partial charge in [0.2, 0.25) is 0 Å². The summed E-state index contributed by atoms with van der Waals surface area (Å²) >= 11 is 1.26. The molecule has 1 saturated heterocycles. The summed E-state index contributed by atoms with van der Waals surface area (Å²) in [5.74, 6) is 0.232. The number of benzene rings is 4. The van der Waals surface area contributed by atoms with E-state index in [1.165, 1.54) is 16.2 Å². The first kappa shape index (κ1) is 27.5. The first-order chi connectivity index (χ1) is 21.5. The van der Waals surface area contributed by atoms with E-state index in [0.29, 0.717) is 64.6 Å². The highest BCUT2D eigenvalue weighted by molar-refractivity contribution is 7.22. The first-order valence-electron chi connectivity index (χ1n) is 13.9. The van der Waals surface area contributed by atoms with E-state index in [1.807, 2.05) is 42.5 Å². The van der Waals surface area contributed by atoms with Crippen LogP contribution < -0.4 is 23.8 Å². The molecule has 220 valence electrons. The van der Waals surface area contributed by atoms with Crippen molar-refractivity contribution in [2.24, 2.45) is 0 Å². The van der Waals surface area contributed by atoms with Crippen molar-refractivity contribution in [3.8, 4) is 23.0 Å². The number of nitrogens with zero attached hydrogens (tertiary/aromatic N) is 2. The smallest absolute Gasteiger partial charge is 0.301 e. The summed E-state index contributed by atoms with van der Waals surface area (Å²) in [4.78, 5) is 33.6. The molecule has 10 heteroatoms. The van der Waals surface area contributed by atoms with Gasteiger partial charge in [0.05, 0.1) is 28.9 Å². The van der Waals surface area contributed by atoms with Gasteiger partial charge in [-0.25, -0.2) is 4.98 Å². The van der Waals surface area contributed by atoms with Crippen LogP contribution in [-0.2, 0) is 16.2 Å². The van der Waals surface area contributed by atoms with Crippen molar-refractivity contribution in [2.45, 2.75) is 12.6 Å². The summed E-state index contributed by atoms with van der Waals surface area (Å²) in [6, 6.07) is 26.3. The summed E-state index contributed by atoms with van der Waals surface area (Å²) in [6.07, 6.45) is 0. The molecule has 1 unspecified atom stereocenters. The van der Waals surface area contributed by atoms with E-state index in [4.69, 9.17) is 23.9 Å². The Kier molecular flexibility index (Phi) is 7.11. The fourth-order valence-corrected chi connectivity index (χ4v) is 6.35. The maximum Gasteiger partial charge on any atom is 0.301 e. The molecule has 1 amide bonds. The number of methoxy groups -OCH3 is 1. The van der Waals surface area contributed by atoms with E-state index in [-0.39, 0.29) is 11.3 Å². The van der Waals surface area contributed by atoms with Crippen LogP contribution in [0.5, 0.6) is 23.0 Å². The zero-order chi connectivity index (χ0) is 30.2. The second-order valence-corrected chi connectivity index (χ2v) is 11.2. The lowest BCUT2D eigenvalue weighted by atomic mass is 9.95. The van der Waals surface area contributed by atoms with Crippen molar-refractivity contribution in [3.05, 3.63) is 113 Å². The number of aliphatic hydroxyl groups is 1. The zero-order valence-electron chi connectivity index (χ0n) is 23.6. The van der Waals surface area contributed by atoms with Crippen molar-refractivity contribution in [2.75, 3.05) is 25.2 Å². The van der Waals surface area contributed by atoms with Crippen molar-refractivity contribution in [1.29, 1.82) is 0 Å².